The number of amides is 1. The van der Waals surface area contributed by atoms with E-state index >= 15 is 0 Å². The van der Waals surface area contributed by atoms with Crippen LogP contribution in [0.5, 0.6) is 0 Å². The Hall–Kier alpha value is -1.98. The van der Waals surface area contributed by atoms with Gasteiger partial charge in [-0.25, -0.2) is 0 Å². The van der Waals surface area contributed by atoms with E-state index in [0.29, 0.717) is 13.1 Å². The van der Waals surface area contributed by atoms with E-state index in [1.807, 2.05) is 26.0 Å². The second kappa shape index (κ2) is 9.01. The molecule has 1 aromatic heterocycles. The van der Waals surface area contributed by atoms with E-state index in [4.69, 9.17) is 4.42 Å². The molecule has 0 aromatic carbocycles. The molecule has 0 unspecified atom stereocenters. The Morgan fingerprint density at radius 2 is 1.95 bits per heavy atom. The minimum atomic E-state index is 0.0146. The molecule has 0 aliphatic heterocycles. The van der Waals surface area contributed by atoms with Crippen LogP contribution in [0.2, 0.25) is 0 Å². The summed E-state index contributed by atoms with van der Waals surface area (Å²) in [5.74, 6) is 1.74. The highest BCUT2D eigenvalue weighted by molar-refractivity contribution is 5.80. The summed E-state index contributed by atoms with van der Waals surface area (Å²) in [5.41, 5.74) is 0. The maximum atomic E-state index is 11.4. The van der Waals surface area contributed by atoms with Crippen molar-refractivity contribution in [1.29, 1.82) is 0 Å². The Bertz CT molecular complexity index is 413. The molecule has 0 aliphatic rings. The largest absolute Gasteiger partial charge is 0.469 e. The minimum absolute atomic E-state index is 0.0146. The van der Waals surface area contributed by atoms with Gasteiger partial charge in [0.15, 0.2) is 5.96 Å². The van der Waals surface area contributed by atoms with Gasteiger partial charge in [0.1, 0.15) is 5.76 Å². The zero-order chi connectivity index (χ0) is 14.8. The number of hydrogen-bond donors (Lipinski definition) is 3. The Balaban J connectivity index is 2.12. The first kappa shape index (κ1) is 16.1. The zero-order valence-electron chi connectivity index (χ0n) is 12.4. The van der Waals surface area contributed by atoms with E-state index in [0.717, 1.165) is 24.7 Å². The van der Waals surface area contributed by atoms with Crippen LogP contribution in [0, 0.1) is 5.92 Å². The van der Waals surface area contributed by atoms with Gasteiger partial charge in [-0.2, -0.15) is 0 Å². The van der Waals surface area contributed by atoms with Crippen LogP contribution >= 0.6 is 0 Å². The SMILES string of the molecule is CN=C(NCCNC(=O)C(C)C)NCCc1ccco1. The molecule has 0 saturated carbocycles. The van der Waals surface area contributed by atoms with Gasteiger partial charge in [0.25, 0.3) is 0 Å². The Morgan fingerprint density at radius 1 is 1.25 bits per heavy atom. The van der Waals surface area contributed by atoms with Crippen molar-refractivity contribution < 1.29 is 9.21 Å². The number of hydrogen-bond acceptors (Lipinski definition) is 3. The van der Waals surface area contributed by atoms with E-state index in [-0.39, 0.29) is 11.8 Å². The minimum Gasteiger partial charge on any atom is -0.469 e. The summed E-state index contributed by atoms with van der Waals surface area (Å²) in [6, 6.07) is 3.82. The molecule has 0 saturated heterocycles. The summed E-state index contributed by atoms with van der Waals surface area (Å²) in [4.78, 5) is 15.5. The fourth-order valence-corrected chi connectivity index (χ4v) is 1.55. The van der Waals surface area contributed by atoms with Crippen molar-refractivity contribution in [1.82, 2.24) is 16.0 Å². The van der Waals surface area contributed by atoms with Crippen molar-refractivity contribution in [2.45, 2.75) is 20.3 Å². The van der Waals surface area contributed by atoms with Gasteiger partial charge in [-0.1, -0.05) is 13.8 Å². The van der Waals surface area contributed by atoms with Crippen LogP contribution in [0.25, 0.3) is 0 Å². The maximum Gasteiger partial charge on any atom is 0.222 e. The molecule has 1 amide bonds. The predicted octanol–water partition coefficient (Wildman–Crippen LogP) is 0.759. The van der Waals surface area contributed by atoms with Crippen LogP contribution in [0.1, 0.15) is 19.6 Å². The van der Waals surface area contributed by atoms with Crippen LogP contribution < -0.4 is 16.0 Å². The molecular formula is C14H24N4O2. The Labute approximate surface area is 120 Å². The summed E-state index contributed by atoms with van der Waals surface area (Å²) in [5, 5.41) is 9.16. The van der Waals surface area contributed by atoms with Crippen molar-refractivity contribution in [3.63, 3.8) is 0 Å². The predicted molar refractivity (Wildman–Crippen MR) is 79.6 cm³/mol. The fraction of sp³-hybridized carbons (Fsp3) is 0.571. The lowest BCUT2D eigenvalue weighted by atomic mass is 10.2. The number of nitrogens with zero attached hydrogens (tertiary/aromatic N) is 1. The highest BCUT2D eigenvalue weighted by Crippen LogP contribution is 1.99. The lowest BCUT2D eigenvalue weighted by Gasteiger charge is -2.12. The molecule has 0 atom stereocenters. The van der Waals surface area contributed by atoms with Crippen molar-refractivity contribution in [2.24, 2.45) is 10.9 Å². The lowest BCUT2D eigenvalue weighted by Crippen LogP contribution is -2.42. The van der Waals surface area contributed by atoms with Crippen molar-refractivity contribution in [2.75, 3.05) is 26.7 Å². The highest BCUT2D eigenvalue weighted by atomic mass is 16.3. The van der Waals surface area contributed by atoms with Gasteiger partial charge >= 0.3 is 0 Å². The molecule has 0 bridgehead atoms. The van der Waals surface area contributed by atoms with Crippen LogP contribution in [0.15, 0.2) is 27.8 Å². The smallest absolute Gasteiger partial charge is 0.222 e. The first-order valence-electron chi connectivity index (χ1n) is 6.88. The molecule has 112 valence electrons. The molecular weight excluding hydrogens is 256 g/mol. The molecule has 1 heterocycles. The van der Waals surface area contributed by atoms with E-state index in [1.54, 1.807) is 13.3 Å². The van der Waals surface area contributed by atoms with Crippen LogP contribution in [0.3, 0.4) is 0 Å². The Morgan fingerprint density at radius 3 is 2.55 bits per heavy atom. The molecule has 1 rings (SSSR count). The molecule has 0 fully saturated rings. The highest BCUT2D eigenvalue weighted by Gasteiger charge is 2.05. The van der Waals surface area contributed by atoms with Crippen molar-refractivity contribution in [3.8, 4) is 0 Å². The summed E-state index contributed by atoms with van der Waals surface area (Å²) in [7, 11) is 1.72. The van der Waals surface area contributed by atoms with Gasteiger partial charge < -0.3 is 20.4 Å². The molecule has 0 radical (unpaired) electrons. The quantitative estimate of drug-likeness (QED) is 0.391. The van der Waals surface area contributed by atoms with Crippen LogP contribution in [-0.2, 0) is 11.2 Å². The third kappa shape index (κ3) is 6.26. The topological polar surface area (TPSA) is 78.7 Å². The molecule has 20 heavy (non-hydrogen) atoms. The van der Waals surface area contributed by atoms with E-state index < -0.39 is 0 Å². The first-order chi connectivity index (χ1) is 9.63. The summed E-state index contributed by atoms with van der Waals surface area (Å²) >= 11 is 0. The zero-order valence-corrected chi connectivity index (χ0v) is 12.4. The Kier molecular flexibility index (Phi) is 7.24. The fourth-order valence-electron chi connectivity index (χ4n) is 1.55. The number of aliphatic imine (C=N–C) groups is 1. The van der Waals surface area contributed by atoms with Gasteiger partial charge in [0.05, 0.1) is 6.26 Å². The van der Waals surface area contributed by atoms with E-state index in [2.05, 4.69) is 20.9 Å². The number of furan rings is 1. The number of rotatable bonds is 7. The lowest BCUT2D eigenvalue weighted by molar-refractivity contribution is -0.123. The molecule has 6 heteroatoms. The van der Waals surface area contributed by atoms with Crippen LogP contribution in [0.4, 0.5) is 0 Å². The summed E-state index contributed by atoms with van der Waals surface area (Å²) in [6.07, 6.45) is 2.47. The van der Waals surface area contributed by atoms with E-state index in [9.17, 15) is 4.79 Å². The third-order valence-electron chi connectivity index (χ3n) is 2.71. The summed E-state index contributed by atoms with van der Waals surface area (Å²) < 4.78 is 5.25. The second-order valence-corrected chi connectivity index (χ2v) is 4.70. The standard InChI is InChI=1S/C14H24N4O2/c1-11(2)13(19)16-8-9-18-14(15-3)17-7-6-12-5-4-10-20-12/h4-5,10-11H,6-9H2,1-3H3,(H,16,19)(H2,15,17,18). The first-order valence-corrected chi connectivity index (χ1v) is 6.88. The van der Waals surface area contributed by atoms with Gasteiger partial charge in [-0.15, -0.1) is 0 Å². The van der Waals surface area contributed by atoms with Gasteiger partial charge in [0, 0.05) is 39.0 Å². The average molecular weight is 280 g/mol. The number of nitrogens with one attached hydrogen (secondary N) is 3. The van der Waals surface area contributed by atoms with E-state index in [1.165, 1.54) is 0 Å². The number of carbonyl (C=O) groups excluding carboxylic acids is 1. The molecule has 3 N–H and O–H groups in total. The van der Waals surface area contributed by atoms with Crippen molar-refractivity contribution in [3.05, 3.63) is 24.2 Å². The number of guanidine groups is 1. The average Bonchev–Trinajstić information content (AvgIpc) is 2.94. The third-order valence-corrected chi connectivity index (χ3v) is 2.71. The molecule has 0 aliphatic carbocycles. The van der Waals surface area contributed by atoms with Gasteiger partial charge in [-0.05, 0) is 12.1 Å². The van der Waals surface area contributed by atoms with Crippen molar-refractivity contribution >= 4 is 11.9 Å². The van der Waals surface area contributed by atoms with Gasteiger partial charge in [0.2, 0.25) is 5.91 Å². The molecule has 1 aromatic rings. The second-order valence-electron chi connectivity index (χ2n) is 4.70. The maximum absolute atomic E-state index is 11.4. The summed E-state index contributed by atoms with van der Waals surface area (Å²) in [6.45, 7) is 5.70. The molecule has 0 spiro atoms. The molecule has 6 nitrogen and oxygen atoms in total. The van der Waals surface area contributed by atoms with Gasteiger partial charge in [-0.3, -0.25) is 9.79 Å². The number of carbonyl (C=O) groups is 1. The van der Waals surface area contributed by atoms with Crippen LogP contribution in [-0.4, -0.2) is 38.5 Å². The monoisotopic (exact) mass is 280 g/mol. The normalized spacial score (nSPS) is 11.5.